The molecule has 0 fully saturated rings. The normalized spacial score (nSPS) is 10.8. The number of rotatable bonds is 2. The second-order valence-corrected chi connectivity index (χ2v) is 4.14. The Hall–Kier alpha value is -2.69. The molecule has 0 saturated carbocycles. The van der Waals surface area contributed by atoms with Crippen molar-refractivity contribution in [3.8, 4) is 11.4 Å². The summed E-state index contributed by atoms with van der Waals surface area (Å²) in [7, 11) is 0. The van der Waals surface area contributed by atoms with Crippen LogP contribution in [0.3, 0.4) is 0 Å². The second kappa shape index (κ2) is 4.20. The molecule has 1 aromatic carbocycles. The summed E-state index contributed by atoms with van der Waals surface area (Å²) in [5, 5.41) is 9.87. The number of benzene rings is 1. The van der Waals surface area contributed by atoms with Crippen LogP contribution in [0.1, 0.15) is 16.1 Å². The van der Waals surface area contributed by atoms with Gasteiger partial charge < -0.3 is 9.52 Å². The molecule has 0 saturated heterocycles. The zero-order valence-corrected chi connectivity index (χ0v) is 10.1. The summed E-state index contributed by atoms with van der Waals surface area (Å²) in [6.07, 6.45) is 2.90. The molecule has 0 atom stereocenters. The topological polar surface area (TPSA) is 76.2 Å². The Labute approximate surface area is 108 Å². The molecule has 0 aliphatic rings. The number of aryl methyl sites for hydroxylation is 1. The number of para-hydroxylation sites is 1. The van der Waals surface area contributed by atoms with Crippen molar-refractivity contribution in [1.82, 2.24) is 9.97 Å². The SMILES string of the molecule is Cc1nc(-c2coc3ccccc23)ncc1C(=O)O. The molecule has 94 valence electrons. The van der Waals surface area contributed by atoms with Crippen LogP contribution in [0.15, 0.2) is 41.1 Å². The molecule has 0 radical (unpaired) electrons. The summed E-state index contributed by atoms with van der Waals surface area (Å²) in [5.74, 6) is -0.562. The molecule has 0 aliphatic heterocycles. The Morgan fingerprint density at radius 1 is 1.32 bits per heavy atom. The molecule has 0 bridgehead atoms. The average molecular weight is 254 g/mol. The first-order valence-corrected chi connectivity index (χ1v) is 5.70. The molecule has 0 aliphatic carbocycles. The van der Waals surface area contributed by atoms with Crippen LogP contribution in [0.5, 0.6) is 0 Å². The van der Waals surface area contributed by atoms with E-state index in [-0.39, 0.29) is 5.56 Å². The first-order valence-electron chi connectivity index (χ1n) is 5.70. The lowest BCUT2D eigenvalue weighted by molar-refractivity contribution is 0.0695. The highest BCUT2D eigenvalue weighted by atomic mass is 16.4. The van der Waals surface area contributed by atoms with Gasteiger partial charge in [0.1, 0.15) is 11.8 Å². The van der Waals surface area contributed by atoms with Gasteiger partial charge >= 0.3 is 5.97 Å². The number of aromatic nitrogens is 2. The summed E-state index contributed by atoms with van der Waals surface area (Å²) in [6, 6.07) is 7.56. The standard InChI is InChI=1S/C14H10N2O3/c1-8-10(14(17)18)6-15-13(16-8)11-7-19-12-5-3-2-4-9(11)12/h2-7H,1H3,(H,17,18). The van der Waals surface area contributed by atoms with Crippen LogP contribution in [0.2, 0.25) is 0 Å². The highest BCUT2D eigenvalue weighted by Gasteiger charge is 2.14. The number of carboxylic acids is 1. The van der Waals surface area contributed by atoms with Gasteiger partial charge in [0.05, 0.1) is 16.8 Å². The number of nitrogens with zero attached hydrogens (tertiary/aromatic N) is 2. The maximum atomic E-state index is 10.9. The fourth-order valence-electron chi connectivity index (χ4n) is 1.96. The number of aromatic carboxylic acids is 1. The lowest BCUT2D eigenvalue weighted by Crippen LogP contribution is -2.04. The van der Waals surface area contributed by atoms with E-state index in [0.29, 0.717) is 11.5 Å². The fourth-order valence-corrected chi connectivity index (χ4v) is 1.96. The minimum Gasteiger partial charge on any atom is -0.478 e. The van der Waals surface area contributed by atoms with Gasteiger partial charge in [-0.3, -0.25) is 0 Å². The maximum absolute atomic E-state index is 10.9. The van der Waals surface area contributed by atoms with E-state index in [2.05, 4.69) is 9.97 Å². The van der Waals surface area contributed by atoms with Crippen molar-refractivity contribution in [1.29, 1.82) is 0 Å². The van der Waals surface area contributed by atoms with E-state index in [9.17, 15) is 4.79 Å². The Morgan fingerprint density at radius 3 is 2.84 bits per heavy atom. The third-order valence-corrected chi connectivity index (χ3v) is 2.93. The van der Waals surface area contributed by atoms with Crippen LogP contribution >= 0.6 is 0 Å². The highest BCUT2D eigenvalue weighted by Crippen LogP contribution is 2.28. The van der Waals surface area contributed by atoms with E-state index in [1.165, 1.54) is 6.20 Å². The molecule has 3 rings (SSSR count). The first-order chi connectivity index (χ1) is 9.16. The molecule has 0 spiro atoms. The van der Waals surface area contributed by atoms with Gasteiger partial charge in [-0.2, -0.15) is 0 Å². The third-order valence-electron chi connectivity index (χ3n) is 2.93. The van der Waals surface area contributed by atoms with Crippen LogP contribution in [0, 0.1) is 6.92 Å². The monoisotopic (exact) mass is 254 g/mol. The van der Waals surface area contributed by atoms with E-state index in [1.54, 1.807) is 13.2 Å². The minimum atomic E-state index is -1.03. The number of fused-ring (bicyclic) bond motifs is 1. The number of carbonyl (C=O) groups is 1. The zero-order valence-electron chi connectivity index (χ0n) is 10.1. The van der Waals surface area contributed by atoms with Crippen LogP contribution in [0.25, 0.3) is 22.4 Å². The molecular formula is C14H10N2O3. The number of furan rings is 1. The largest absolute Gasteiger partial charge is 0.478 e. The number of carboxylic acid groups (broad SMARTS) is 1. The van der Waals surface area contributed by atoms with Crippen LogP contribution in [-0.2, 0) is 0 Å². The van der Waals surface area contributed by atoms with Crippen LogP contribution in [-0.4, -0.2) is 21.0 Å². The summed E-state index contributed by atoms with van der Waals surface area (Å²) in [6.45, 7) is 1.65. The van der Waals surface area contributed by atoms with Gasteiger partial charge in [0.25, 0.3) is 0 Å². The average Bonchev–Trinajstić information content (AvgIpc) is 2.82. The molecular weight excluding hydrogens is 244 g/mol. The Balaban J connectivity index is 2.17. The Bertz CT molecular complexity index is 777. The van der Waals surface area contributed by atoms with Crippen molar-refractivity contribution in [2.45, 2.75) is 6.92 Å². The molecule has 2 aromatic heterocycles. The van der Waals surface area contributed by atoms with Crippen molar-refractivity contribution in [3.05, 3.63) is 48.0 Å². The first kappa shape index (κ1) is 11.4. The van der Waals surface area contributed by atoms with E-state index < -0.39 is 5.97 Å². The lowest BCUT2D eigenvalue weighted by atomic mass is 10.1. The van der Waals surface area contributed by atoms with Crippen molar-refractivity contribution >= 4 is 16.9 Å². The molecule has 19 heavy (non-hydrogen) atoms. The Kier molecular flexibility index (Phi) is 2.52. The predicted molar refractivity (Wildman–Crippen MR) is 68.9 cm³/mol. The molecule has 1 N–H and O–H groups in total. The van der Waals surface area contributed by atoms with Gasteiger partial charge in [0.15, 0.2) is 5.82 Å². The van der Waals surface area contributed by atoms with Gasteiger partial charge in [0, 0.05) is 11.6 Å². The number of hydrogen-bond acceptors (Lipinski definition) is 4. The Morgan fingerprint density at radius 2 is 2.11 bits per heavy atom. The minimum absolute atomic E-state index is 0.108. The quantitative estimate of drug-likeness (QED) is 0.760. The lowest BCUT2D eigenvalue weighted by Gasteiger charge is -2.02. The van der Waals surface area contributed by atoms with Gasteiger partial charge in [-0.05, 0) is 13.0 Å². The van der Waals surface area contributed by atoms with Gasteiger partial charge in [-0.25, -0.2) is 14.8 Å². The van der Waals surface area contributed by atoms with E-state index in [0.717, 1.165) is 16.5 Å². The molecule has 3 aromatic rings. The van der Waals surface area contributed by atoms with Gasteiger partial charge in [-0.1, -0.05) is 18.2 Å². The van der Waals surface area contributed by atoms with Crippen molar-refractivity contribution in [2.75, 3.05) is 0 Å². The van der Waals surface area contributed by atoms with Crippen molar-refractivity contribution in [3.63, 3.8) is 0 Å². The van der Waals surface area contributed by atoms with E-state index in [1.807, 2.05) is 24.3 Å². The molecule has 0 unspecified atom stereocenters. The zero-order chi connectivity index (χ0) is 13.4. The second-order valence-electron chi connectivity index (χ2n) is 4.14. The molecule has 0 amide bonds. The summed E-state index contributed by atoms with van der Waals surface area (Å²) in [5.41, 5.74) is 2.05. The summed E-state index contributed by atoms with van der Waals surface area (Å²) < 4.78 is 5.42. The van der Waals surface area contributed by atoms with Gasteiger partial charge in [-0.15, -0.1) is 0 Å². The maximum Gasteiger partial charge on any atom is 0.339 e. The van der Waals surface area contributed by atoms with Gasteiger partial charge in [0.2, 0.25) is 0 Å². The summed E-state index contributed by atoms with van der Waals surface area (Å²) >= 11 is 0. The molecule has 5 heteroatoms. The number of hydrogen-bond donors (Lipinski definition) is 1. The highest BCUT2D eigenvalue weighted by molar-refractivity contribution is 5.93. The molecule has 2 heterocycles. The smallest absolute Gasteiger partial charge is 0.339 e. The fraction of sp³-hybridized carbons (Fsp3) is 0.0714. The summed E-state index contributed by atoms with van der Waals surface area (Å²) in [4.78, 5) is 19.3. The van der Waals surface area contributed by atoms with Crippen molar-refractivity contribution < 1.29 is 14.3 Å². The van der Waals surface area contributed by atoms with E-state index >= 15 is 0 Å². The van der Waals surface area contributed by atoms with E-state index in [4.69, 9.17) is 9.52 Å². The predicted octanol–water partition coefficient (Wildman–Crippen LogP) is 2.90. The third kappa shape index (κ3) is 1.85. The van der Waals surface area contributed by atoms with Crippen LogP contribution in [0.4, 0.5) is 0 Å². The molecule has 5 nitrogen and oxygen atoms in total. The van der Waals surface area contributed by atoms with Crippen molar-refractivity contribution in [2.24, 2.45) is 0 Å². The van der Waals surface area contributed by atoms with Crippen LogP contribution < -0.4 is 0 Å².